The van der Waals surface area contributed by atoms with Crippen molar-refractivity contribution in [1.29, 1.82) is 0 Å². The Morgan fingerprint density at radius 3 is 2.63 bits per heavy atom. The molecule has 0 atom stereocenters. The summed E-state index contributed by atoms with van der Waals surface area (Å²) in [7, 11) is -3.61. The second-order valence-corrected chi connectivity index (χ2v) is 9.67. The van der Waals surface area contributed by atoms with E-state index in [0.29, 0.717) is 40.8 Å². The highest BCUT2D eigenvalue weighted by Crippen LogP contribution is 2.23. The summed E-state index contributed by atoms with van der Waals surface area (Å²) < 4.78 is 29.1. The molecule has 1 aromatic carbocycles. The molecule has 3 heterocycles. The van der Waals surface area contributed by atoms with Gasteiger partial charge in [0, 0.05) is 32.3 Å². The van der Waals surface area contributed by atoms with Gasteiger partial charge in [-0.1, -0.05) is 0 Å². The maximum Gasteiger partial charge on any atom is 0.256 e. The average molecular weight is 430 g/mol. The number of aryl methyl sites for hydroxylation is 2. The van der Waals surface area contributed by atoms with Crippen LogP contribution < -0.4 is 16.7 Å². The van der Waals surface area contributed by atoms with E-state index < -0.39 is 15.4 Å². The van der Waals surface area contributed by atoms with Crippen LogP contribution in [0.25, 0.3) is 11.0 Å². The largest absolute Gasteiger partial charge is 0.440 e. The van der Waals surface area contributed by atoms with Gasteiger partial charge in [0.25, 0.3) is 5.56 Å². The Balaban J connectivity index is 1.69. The monoisotopic (exact) mass is 430 g/mol. The van der Waals surface area contributed by atoms with Gasteiger partial charge in [-0.2, -0.15) is 0 Å². The van der Waals surface area contributed by atoms with Gasteiger partial charge in [0.05, 0.1) is 22.2 Å². The van der Waals surface area contributed by atoms with E-state index in [9.17, 15) is 18.0 Å². The van der Waals surface area contributed by atoms with Crippen LogP contribution in [0, 0.1) is 13.8 Å². The number of fused-ring (bicyclic) bond motifs is 2. The summed E-state index contributed by atoms with van der Waals surface area (Å²) in [5, 5.41) is 0.141. The van der Waals surface area contributed by atoms with Gasteiger partial charge in [-0.05, 0) is 37.1 Å². The first-order valence-electron chi connectivity index (χ1n) is 9.41. The lowest BCUT2D eigenvalue weighted by molar-refractivity contribution is 0.239. The fourth-order valence-corrected chi connectivity index (χ4v) is 4.20. The summed E-state index contributed by atoms with van der Waals surface area (Å²) in [5.41, 5.74) is 8.99. The van der Waals surface area contributed by atoms with E-state index in [1.165, 1.54) is 0 Å². The van der Waals surface area contributed by atoms with Crippen molar-refractivity contribution in [3.63, 3.8) is 0 Å². The molecule has 4 rings (SSSR count). The normalized spacial score (nSPS) is 14.8. The third-order valence-corrected chi connectivity index (χ3v) is 6.39. The maximum atomic E-state index is 13.0. The third-order valence-electron chi connectivity index (χ3n) is 5.49. The van der Waals surface area contributed by atoms with Crippen LogP contribution in [0.2, 0.25) is 0 Å². The predicted molar refractivity (Wildman–Crippen MR) is 112 cm³/mol. The second kappa shape index (κ2) is 7.06. The molecule has 0 amide bonds. The molecule has 0 aliphatic carbocycles. The molecule has 1 aliphatic heterocycles. The molecule has 0 saturated carbocycles. The van der Waals surface area contributed by atoms with E-state index in [4.69, 9.17) is 10.2 Å². The molecular weight excluding hydrogens is 408 g/mol. The van der Waals surface area contributed by atoms with Gasteiger partial charge in [-0.15, -0.1) is 0 Å². The second-order valence-electron chi connectivity index (χ2n) is 7.74. The van der Waals surface area contributed by atoms with Crippen molar-refractivity contribution in [3.05, 3.63) is 60.7 Å². The Hall–Kier alpha value is -2.98. The van der Waals surface area contributed by atoms with Crippen LogP contribution in [-0.4, -0.2) is 36.1 Å². The lowest BCUT2D eigenvalue weighted by Gasteiger charge is -2.27. The lowest BCUT2D eigenvalue weighted by Crippen LogP contribution is -2.37. The number of aromatic nitrogens is 2. The van der Waals surface area contributed by atoms with E-state index in [1.807, 2.05) is 18.7 Å². The number of nitrogens with zero attached hydrogens (tertiary/aromatic N) is 2. The molecule has 0 fully saturated rings. The molecule has 2 aromatic heterocycles. The number of benzene rings is 1. The number of anilines is 1. The number of hydrogen-bond acceptors (Lipinski definition) is 8. The number of sulfone groups is 1. The van der Waals surface area contributed by atoms with Gasteiger partial charge >= 0.3 is 0 Å². The van der Waals surface area contributed by atoms with Crippen molar-refractivity contribution in [2.24, 2.45) is 0 Å². The number of H-pyrrole nitrogens is 1. The van der Waals surface area contributed by atoms with Crippen molar-refractivity contribution in [1.82, 2.24) is 14.9 Å². The van der Waals surface area contributed by atoms with Crippen molar-refractivity contribution >= 4 is 26.7 Å². The molecule has 1 aliphatic rings. The smallest absolute Gasteiger partial charge is 0.256 e. The number of nitrogens with one attached hydrogen (secondary N) is 1. The molecule has 158 valence electrons. The minimum absolute atomic E-state index is 0.0565. The van der Waals surface area contributed by atoms with E-state index in [-0.39, 0.29) is 29.6 Å². The first-order valence-corrected chi connectivity index (χ1v) is 11.3. The summed E-state index contributed by atoms with van der Waals surface area (Å²) in [5.74, 6) is 0.0565. The summed E-state index contributed by atoms with van der Waals surface area (Å²) >= 11 is 0. The van der Waals surface area contributed by atoms with Gasteiger partial charge in [0.2, 0.25) is 15.0 Å². The van der Waals surface area contributed by atoms with Crippen LogP contribution in [0.4, 0.5) is 5.88 Å². The molecule has 9 nitrogen and oxygen atoms in total. The highest BCUT2D eigenvalue weighted by molar-refractivity contribution is 7.90. The molecule has 0 spiro atoms. The van der Waals surface area contributed by atoms with Gasteiger partial charge in [0.15, 0.2) is 11.3 Å². The van der Waals surface area contributed by atoms with E-state index in [2.05, 4.69) is 9.97 Å². The highest BCUT2D eigenvalue weighted by Gasteiger charge is 2.25. The SMILES string of the molecule is Cc1cc2oc(N)c(CN3CCc4nc(S(C)(=O)=O)[nH]c(=O)c4C3)c(=O)c2cc1C. The van der Waals surface area contributed by atoms with Crippen LogP contribution in [0.5, 0.6) is 0 Å². The first-order chi connectivity index (χ1) is 14.0. The maximum absolute atomic E-state index is 13.0. The summed E-state index contributed by atoms with van der Waals surface area (Å²) in [4.78, 5) is 33.8. The number of aromatic amines is 1. The van der Waals surface area contributed by atoms with Crippen LogP contribution in [0.15, 0.2) is 31.3 Å². The highest BCUT2D eigenvalue weighted by atomic mass is 32.2. The summed E-state index contributed by atoms with van der Waals surface area (Å²) in [6.45, 7) is 4.80. The quantitative estimate of drug-likeness (QED) is 0.588. The Kier molecular flexibility index (Phi) is 4.78. The molecule has 0 saturated heterocycles. The fraction of sp³-hybridized carbons (Fsp3) is 0.350. The van der Waals surface area contributed by atoms with Gasteiger partial charge in [-0.25, -0.2) is 13.4 Å². The zero-order valence-electron chi connectivity index (χ0n) is 16.9. The number of nitrogen functional groups attached to an aromatic ring is 1. The molecule has 0 bridgehead atoms. The van der Waals surface area contributed by atoms with Gasteiger partial charge < -0.3 is 10.2 Å². The molecule has 10 heteroatoms. The van der Waals surface area contributed by atoms with Crippen LogP contribution in [0.3, 0.4) is 0 Å². The Bertz CT molecular complexity index is 1410. The summed E-state index contributed by atoms with van der Waals surface area (Å²) in [6.07, 6.45) is 1.39. The van der Waals surface area contributed by atoms with Crippen LogP contribution in [-0.2, 0) is 29.3 Å². The molecule has 30 heavy (non-hydrogen) atoms. The Morgan fingerprint density at radius 2 is 1.93 bits per heavy atom. The molecule has 0 unspecified atom stereocenters. The Labute approximate surface area is 172 Å². The van der Waals surface area contributed by atoms with Crippen molar-refractivity contribution in [3.8, 4) is 0 Å². The van der Waals surface area contributed by atoms with Crippen LogP contribution >= 0.6 is 0 Å². The number of hydrogen-bond donors (Lipinski definition) is 2. The first kappa shape index (κ1) is 20.3. The standard InChI is InChI=1S/C20H22N4O5S/c1-10-6-12-16(7-11(10)2)29-18(21)14(17(12)25)9-24-5-4-15-13(8-24)19(26)23-20(22-15)30(3,27)28/h6-7H,4-5,8-9,21H2,1-3H3,(H,22,23,26). The van der Waals surface area contributed by atoms with E-state index in [0.717, 1.165) is 17.4 Å². The summed E-state index contributed by atoms with van der Waals surface area (Å²) in [6, 6.07) is 3.60. The number of nitrogens with two attached hydrogens (primary N) is 1. The van der Waals surface area contributed by atoms with Gasteiger partial charge in [-0.3, -0.25) is 19.5 Å². The van der Waals surface area contributed by atoms with Crippen molar-refractivity contribution in [2.45, 2.75) is 38.5 Å². The topological polar surface area (TPSA) is 139 Å². The fourth-order valence-electron chi connectivity index (χ4n) is 3.65. The zero-order chi connectivity index (χ0) is 21.8. The van der Waals surface area contributed by atoms with Gasteiger partial charge in [0.1, 0.15) is 5.58 Å². The molecule has 0 radical (unpaired) electrons. The predicted octanol–water partition coefficient (Wildman–Crippen LogP) is 1.04. The lowest BCUT2D eigenvalue weighted by atomic mass is 10.0. The Morgan fingerprint density at radius 1 is 1.23 bits per heavy atom. The van der Waals surface area contributed by atoms with Crippen molar-refractivity contribution in [2.75, 3.05) is 18.5 Å². The zero-order valence-corrected chi connectivity index (χ0v) is 17.7. The van der Waals surface area contributed by atoms with Crippen LogP contribution in [0.1, 0.15) is 27.9 Å². The minimum atomic E-state index is -3.61. The number of rotatable bonds is 3. The third kappa shape index (κ3) is 3.52. The average Bonchev–Trinajstić information content (AvgIpc) is 2.66. The molecule has 3 aromatic rings. The molecule has 3 N–H and O–H groups in total. The molecular formula is C20H22N4O5S. The van der Waals surface area contributed by atoms with E-state index in [1.54, 1.807) is 12.1 Å². The minimum Gasteiger partial charge on any atom is -0.440 e. The van der Waals surface area contributed by atoms with Crippen molar-refractivity contribution < 1.29 is 12.8 Å². The van der Waals surface area contributed by atoms with E-state index >= 15 is 0 Å².